The number of benzene rings is 1. The lowest BCUT2D eigenvalue weighted by Crippen LogP contribution is -2.24. The minimum absolute atomic E-state index is 0.457. The van der Waals surface area contributed by atoms with E-state index in [0.717, 1.165) is 10.2 Å². The van der Waals surface area contributed by atoms with Crippen molar-refractivity contribution in [1.29, 1.82) is 0 Å². The molecule has 4 heteroatoms. The van der Waals surface area contributed by atoms with Gasteiger partial charge in [0, 0.05) is 18.6 Å². The van der Waals surface area contributed by atoms with Crippen molar-refractivity contribution in [3.05, 3.63) is 28.7 Å². The van der Waals surface area contributed by atoms with Crippen LogP contribution in [-0.4, -0.2) is 24.2 Å². The van der Waals surface area contributed by atoms with Crippen LogP contribution in [0.3, 0.4) is 0 Å². The Morgan fingerprint density at radius 3 is 2.69 bits per heavy atom. The lowest BCUT2D eigenvalue weighted by atomic mass is 10.3. The van der Waals surface area contributed by atoms with E-state index in [2.05, 4.69) is 15.9 Å². The topological polar surface area (TPSA) is 12.5 Å². The molecule has 0 radical (unpaired) electrons. The normalized spacial score (nSPS) is 9.46. The minimum Gasteiger partial charge on any atom is -0.432 e. The van der Waals surface area contributed by atoms with E-state index in [4.69, 9.17) is 17.0 Å². The molecule has 0 amide bonds. The SMILES string of the molecule is CN(C)C(=S)Oc1cccc(Br)c1. The molecule has 0 heterocycles. The fraction of sp³-hybridized carbons (Fsp3) is 0.222. The lowest BCUT2D eigenvalue weighted by molar-refractivity contribution is 0.449. The Hall–Kier alpha value is -0.610. The number of hydrogen-bond acceptors (Lipinski definition) is 2. The summed E-state index contributed by atoms with van der Waals surface area (Å²) in [6.45, 7) is 0. The predicted molar refractivity (Wildman–Crippen MR) is 61.1 cm³/mol. The fourth-order valence-corrected chi connectivity index (χ4v) is 1.20. The van der Waals surface area contributed by atoms with Crippen molar-refractivity contribution in [3.63, 3.8) is 0 Å². The van der Waals surface area contributed by atoms with Gasteiger partial charge in [0.25, 0.3) is 5.17 Å². The number of halogens is 1. The van der Waals surface area contributed by atoms with Gasteiger partial charge in [-0.15, -0.1) is 0 Å². The minimum atomic E-state index is 0.457. The van der Waals surface area contributed by atoms with Crippen LogP contribution in [-0.2, 0) is 0 Å². The number of hydrogen-bond donors (Lipinski definition) is 0. The van der Waals surface area contributed by atoms with E-state index in [1.54, 1.807) is 4.90 Å². The lowest BCUT2D eigenvalue weighted by Gasteiger charge is -2.13. The molecular weight excluding hydrogens is 250 g/mol. The van der Waals surface area contributed by atoms with Gasteiger partial charge in [-0.05, 0) is 30.4 Å². The van der Waals surface area contributed by atoms with Gasteiger partial charge in [-0.2, -0.15) is 0 Å². The van der Waals surface area contributed by atoms with E-state index in [1.165, 1.54) is 0 Å². The van der Waals surface area contributed by atoms with Gasteiger partial charge in [0.2, 0.25) is 0 Å². The summed E-state index contributed by atoms with van der Waals surface area (Å²) >= 11 is 8.34. The first kappa shape index (κ1) is 10.5. The smallest absolute Gasteiger partial charge is 0.264 e. The van der Waals surface area contributed by atoms with Crippen LogP contribution in [0.4, 0.5) is 0 Å². The van der Waals surface area contributed by atoms with Gasteiger partial charge < -0.3 is 9.64 Å². The zero-order valence-corrected chi connectivity index (χ0v) is 9.85. The molecule has 0 unspecified atom stereocenters. The summed E-state index contributed by atoms with van der Waals surface area (Å²) in [6, 6.07) is 7.57. The highest BCUT2D eigenvalue weighted by molar-refractivity contribution is 9.10. The van der Waals surface area contributed by atoms with Crippen molar-refractivity contribution in [2.75, 3.05) is 14.1 Å². The molecule has 0 aromatic heterocycles. The average molecular weight is 260 g/mol. The first-order valence-corrected chi connectivity index (χ1v) is 4.94. The molecule has 0 aliphatic rings. The standard InChI is InChI=1S/C9H10BrNOS/c1-11(2)9(13)12-8-5-3-4-7(10)6-8/h3-6H,1-2H3. The van der Waals surface area contributed by atoms with E-state index >= 15 is 0 Å². The molecule has 2 nitrogen and oxygen atoms in total. The Balaban J connectivity index is 2.69. The molecule has 1 rings (SSSR count). The summed E-state index contributed by atoms with van der Waals surface area (Å²) in [5.74, 6) is 0.744. The van der Waals surface area contributed by atoms with E-state index in [9.17, 15) is 0 Å². The van der Waals surface area contributed by atoms with Gasteiger partial charge in [0.05, 0.1) is 0 Å². The molecule has 0 saturated carbocycles. The molecule has 0 atom stereocenters. The second-order valence-electron chi connectivity index (χ2n) is 2.72. The van der Waals surface area contributed by atoms with Gasteiger partial charge >= 0.3 is 0 Å². The van der Waals surface area contributed by atoms with Crippen molar-refractivity contribution >= 4 is 33.3 Å². The number of rotatable bonds is 1. The summed E-state index contributed by atoms with van der Waals surface area (Å²) in [6.07, 6.45) is 0. The number of thiocarbonyl (C=S) groups is 1. The van der Waals surface area contributed by atoms with Crippen LogP contribution in [0.25, 0.3) is 0 Å². The molecule has 1 aromatic rings. The number of nitrogens with zero attached hydrogens (tertiary/aromatic N) is 1. The zero-order valence-electron chi connectivity index (χ0n) is 7.45. The van der Waals surface area contributed by atoms with Gasteiger partial charge in [0.1, 0.15) is 5.75 Å². The highest BCUT2D eigenvalue weighted by Gasteiger charge is 2.01. The Labute approximate surface area is 91.6 Å². The van der Waals surface area contributed by atoms with Crippen molar-refractivity contribution in [1.82, 2.24) is 4.90 Å². The predicted octanol–water partition coefficient (Wildman–Crippen LogP) is 2.67. The highest BCUT2D eigenvalue weighted by atomic mass is 79.9. The van der Waals surface area contributed by atoms with Gasteiger partial charge in [-0.1, -0.05) is 22.0 Å². The third-order valence-electron chi connectivity index (χ3n) is 1.37. The van der Waals surface area contributed by atoms with Crippen LogP contribution in [0.5, 0.6) is 5.75 Å². The van der Waals surface area contributed by atoms with Gasteiger partial charge in [-0.3, -0.25) is 0 Å². The Morgan fingerprint density at radius 2 is 2.15 bits per heavy atom. The average Bonchev–Trinajstić information content (AvgIpc) is 2.04. The summed E-state index contributed by atoms with van der Waals surface area (Å²) in [7, 11) is 3.70. The molecule has 0 fully saturated rings. The van der Waals surface area contributed by atoms with E-state index in [0.29, 0.717) is 5.17 Å². The summed E-state index contributed by atoms with van der Waals surface area (Å²) in [5.41, 5.74) is 0. The second-order valence-corrected chi connectivity index (χ2v) is 3.98. The highest BCUT2D eigenvalue weighted by Crippen LogP contribution is 2.18. The van der Waals surface area contributed by atoms with E-state index in [1.807, 2.05) is 38.4 Å². The Bertz CT molecular complexity index is 314. The molecule has 70 valence electrons. The van der Waals surface area contributed by atoms with Crippen LogP contribution in [0.1, 0.15) is 0 Å². The quantitative estimate of drug-likeness (QED) is 0.720. The largest absolute Gasteiger partial charge is 0.432 e. The van der Waals surface area contributed by atoms with E-state index in [-0.39, 0.29) is 0 Å². The van der Waals surface area contributed by atoms with E-state index < -0.39 is 0 Å². The van der Waals surface area contributed by atoms with Crippen LogP contribution < -0.4 is 4.74 Å². The molecule has 0 aliphatic heterocycles. The second kappa shape index (κ2) is 4.58. The monoisotopic (exact) mass is 259 g/mol. The summed E-state index contributed by atoms with van der Waals surface area (Å²) in [4.78, 5) is 1.75. The number of ether oxygens (including phenoxy) is 1. The Morgan fingerprint density at radius 1 is 1.46 bits per heavy atom. The van der Waals surface area contributed by atoms with Crippen LogP contribution >= 0.6 is 28.1 Å². The molecule has 0 bridgehead atoms. The summed E-state index contributed by atoms with van der Waals surface area (Å²) < 4.78 is 6.36. The molecule has 0 N–H and O–H groups in total. The van der Waals surface area contributed by atoms with Gasteiger partial charge in [-0.25, -0.2) is 0 Å². The first-order valence-electron chi connectivity index (χ1n) is 3.74. The maximum Gasteiger partial charge on any atom is 0.264 e. The van der Waals surface area contributed by atoms with Crippen molar-refractivity contribution in [2.45, 2.75) is 0 Å². The molecule has 0 saturated heterocycles. The summed E-state index contributed by atoms with van der Waals surface area (Å²) in [5, 5.41) is 0.457. The molecular formula is C9H10BrNOS. The first-order chi connectivity index (χ1) is 6.09. The maximum absolute atomic E-state index is 5.38. The van der Waals surface area contributed by atoms with Gasteiger partial charge in [0.15, 0.2) is 0 Å². The molecule has 0 spiro atoms. The van der Waals surface area contributed by atoms with Crippen molar-refractivity contribution in [3.8, 4) is 5.75 Å². The maximum atomic E-state index is 5.38. The van der Waals surface area contributed by atoms with Crippen LogP contribution in [0, 0.1) is 0 Å². The van der Waals surface area contributed by atoms with Crippen LogP contribution in [0.2, 0.25) is 0 Å². The molecule has 13 heavy (non-hydrogen) atoms. The molecule has 0 aliphatic carbocycles. The fourth-order valence-electron chi connectivity index (χ4n) is 0.723. The Kier molecular flexibility index (Phi) is 3.69. The third kappa shape index (κ3) is 3.32. The molecule has 1 aromatic carbocycles. The van der Waals surface area contributed by atoms with Crippen molar-refractivity contribution in [2.24, 2.45) is 0 Å². The van der Waals surface area contributed by atoms with Crippen molar-refractivity contribution < 1.29 is 4.74 Å². The third-order valence-corrected chi connectivity index (χ3v) is 2.31. The zero-order chi connectivity index (χ0) is 9.84. The van der Waals surface area contributed by atoms with Crippen LogP contribution in [0.15, 0.2) is 28.7 Å².